The molecule has 1 aromatic heterocycles. The Morgan fingerprint density at radius 2 is 2.22 bits per heavy atom. The van der Waals surface area contributed by atoms with Gasteiger partial charge in [0.15, 0.2) is 0 Å². The van der Waals surface area contributed by atoms with Gasteiger partial charge < -0.3 is 11.1 Å². The lowest BCUT2D eigenvalue weighted by molar-refractivity contribution is 0.447. The molecule has 0 aliphatic carbocycles. The first-order valence-corrected chi connectivity index (χ1v) is 6.18. The molecular formula is C13H15FN4. The normalized spacial score (nSPS) is 20.2. The third-order valence-corrected chi connectivity index (χ3v) is 3.39. The predicted octanol–water partition coefficient (Wildman–Crippen LogP) is 1.82. The molecule has 0 spiro atoms. The van der Waals surface area contributed by atoms with Crippen LogP contribution in [-0.2, 0) is 0 Å². The van der Waals surface area contributed by atoms with Crippen LogP contribution in [0.2, 0.25) is 0 Å². The summed E-state index contributed by atoms with van der Waals surface area (Å²) in [6.07, 6.45) is 2.11. The van der Waals surface area contributed by atoms with Gasteiger partial charge in [-0.2, -0.15) is 0 Å². The molecule has 1 aliphatic rings. The summed E-state index contributed by atoms with van der Waals surface area (Å²) < 4.78 is 13.8. The maximum atomic E-state index is 13.8. The van der Waals surface area contributed by atoms with E-state index < -0.39 is 0 Å². The van der Waals surface area contributed by atoms with Gasteiger partial charge in [-0.3, -0.25) is 0 Å². The molecule has 0 radical (unpaired) electrons. The molecule has 0 amide bonds. The first-order valence-electron chi connectivity index (χ1n) is 6.18. The van der Waals surface area contributed by atoms with Crippen LogP contribution in [0.3, 0.4) is 0 Å². The fourth-order valence-electron chi connectivity index (χ4n) is 2.41. The number of halogens is 1. The second-order valence-electron chi connectivity index (χ2n) is 4.65. The molecular weight excluding hydrogens is 231 g/mol. The molecule has 94 valence electrons. The fourth-order valence-corrected chi connectivity index (χ4v) is 2.41. The number of benzene rings is 1. The number of nitrogens with zero attached hydrogens (tertiary/aromatic N) is 2. The van der Waals surface area contributed by atoms with Crippen molar-refractivity contribution in [1.82, 2.24) is 15.3 Å². The van der Waals surface area contributed by atoms with E-state index in [2.05, 4.69) is 15.3 Å². The smallest absolute Gasteiger partial charge is 0.149 e. The zero-order chi connectivity index (χ0) is 12.5. The van der Waals surface area contributed by atoms with Crippen LogP contribution in [-0.4, -0.2) is 23.1 Å². The highest BCUT2D eigenvalue weighted by Gasteiger charge is 2.19. The van der Waals surface area contributed by atoms with Gasteiger partial charge in [-0.1, -0.05) is 6.07 Å². The molecule has 3 N–H and O–H groups in total. The van der Waals surface area contributed by atoms with Gasteiger partial charge in [0.25, 0.3) is 0 Å². The second-order valence-corrected chi connectivity index (χ2v) is 4.65. The van der Waals surface area contributed by atoms with Gasteiger partial charge in [-0.25, -0.2) is 14.4 Å². The topological polar surface area (TPSA) is 63.8 Å². The summed E-state index contributed by atoms with van der Waals surface area (Å²) in [6, 6.07) is 4.77. The largest absolute Gasteiger partial charge is 0.383 e. The van der Waals surface area contributed by atoms with Crippen LogP contribution in [0, 0.1) is 5.82 Å². The number of para-hydroxylation sites is 1. The van der Waals surface area contributed by atoms with Crippen LogP contribution in [0.1, 0.15) is 24.6 Å². The number of nitrogens with one attached hydrogen (secondary N) is 1. The lowest BCUT2D eigenvalue weighted by Gasteiger charge is -2.21. The molecule has 3 rings (SSSR count). The molecule has 1 saturated heterocycles. The lowest BCUT2D eigenvalue weighted by atomic mass is 9.98. The number of nitrogens with two attached hydrogens (primary N) is 1. The summed E-state index contributed by atoms with van der Waals surface area (Å²) in [4.78, 5) is 8.68. The number of aromatic nitrogens is 2. The summed E-state index contributed by atoms with van der Waals surface area (Å²) in [5.74, 6) is 0.897. The van der Waals surface area contributed by atoms with E-state index in [1.807, 2.05) is 0 Å². The first kappa shape index (κ1) is 11.3. The Hall–Kier alpha value is -1.75. The number of rotatable bonds is 1. The van der Waals surface area contributed by atoms with Crippen LogP contribution >= 0.6 is 0 Å². The molecule has 0 bridgehead atoms. The highest BCUT2D eigenvalue weighted by molar-refractivity contribution is 5.88. The van der Waals surface area contributed by atoms with E-state index in [9.17, 15) is 4.39 Å². The Kier molecular flexibility index (Phi) is 2.83. The van der Waals surface area contributed by atoms with E-state index in [1.165, 1.54) is 6.07 Å². The Labute approximate surface area is 104 Å². The summed E-state index contributed by atoms with van der Waals surface area (Å²) in [7, 11) is 0. The molecule has 2 heterocycles. The molecule has 1 fully saturated rings. The molecule has 2 aromatic rings. The Bertz CT molecular complexity index is 578. The van der Waals surface area contributed by atoms with Crippen molar-refractivity contribution in [2.24, 2.45) is 0 Å². The second kappa shape index (κ2) is 4.49. The number of fused-ring (bicyclic) bond motifs is 1. The zero-order valence-corrected chi connectivity index (χ0v) is 9.99. The third kappa shape index (κ3) is 1.90. The third-order valence-electron chi connectivity index (χ3n) is 3.39. The van der Waals surface area contributed by atoms with Crippen molar-refractivity contribution in [2.45, 2.75) is 18.8 Å². The number of piperidine rings is 1. The van der Waals surface area contributed by atoms with Crippen molar-refractivity contribution in [3.8, 4) is 0 Å². The quantitative estimate of drug-likeness (QED) is 0.805. The molecule has 4 nitrogen and oxygen atoms in total. The van der Waals surface area contributed by atoms with Gasteiger partial charge in [-0.05, 0) is 31.5 Å². The standard InChI is InChI=1S/C13H15FN4/c14-10-5-1-4-9-11(10)17-13(18-12(9)15)8-3-2-6-16-7-8/h1,4-5,8,16H,2-3,6-7H2,(H2,15,17,18). The van der Waals surface area contributed by atoms with Crippen molar-refractivity contribution in [3.05, 3.63) is 29.8 Å². The average molecular weight is 246 g/mol. The van der Waals surface area contributed by atoms with Crippen LogP contribution in [0.15, 0.2) is 18.2 Å². The summed E-state index contributed by atoms with van der Waals surface area (Å²) in [5, 5.41) is 3.89. The highest BCUT2D eigenvalue weighted by Crippen LogP contribution is 2.26. The number of hydrogen-bond acceptors (Lipinski definition) is 4. The van der Waals surface area contributed by atoms with Gasteiger partial charge in [-0.15, -0.1) is 0 Å². The SMILES string of the molecule is Nc1nc(C2CCCNC2)nc2c(F)cccc12. The van der Waals surface area contributed by atoms with Crippen LogP contribution in [0.25, 0.3) is 10.9 Å². The van der Waals surface area contributed by atoms with Gasteiger partial charge in [0.05, 0.1) is 0 Å². The van der Waals surface area contributed by atoms with Crippen LogP contribution < -0.4 is 11.1 Å². The van der Waals surface area contributed by atoms with E-state index in [0.29, 0.717) is 22.5 Å². The van der Waals surface area contributed by atoms with Crippen molar-refractivity contribution >= 4 is 16.7 Å². The van der Waals surface area contributed by atoms with E-state index >= 15 is 0 Å². The maximum Gasteiger partial charge on any atom is 0.149 e. The molecule has 1 atom stereocenters. The predicted molar refractivity (Wildman–Crippen MR) is 68.8 cm³/mol. The van der Waals surface area contributed by atoms with Crippen molar-refractivity contribution in [2.75, 3.05) is 18.8 Å². The van der Waals surface area contributed by atoms with E-state index in [1.54, 1.807) is 12.1 Å². The molecule has 1 aliphatic heterocycles. The van der Waals surface area contributed by atoms with Crippen LogP contribution in [0.5, 0.6) is 0 Å². The van der Waals surface area contributed by atoms with E-state index in [4.69, 9.17) is 5.73 Å². The number of hydrogen-bond donors (Lipinski definition) is 2. The van der Waals surface area contributed by atoms with Crippen molar-refractivity contribution in [3.63, 3.8) is 0 Å². The summed E-state index contributed by atoms with van der Waals surface area (Å²) in [5.41, 5.74) is 6.22. The Morgan fingerprint density at radius 1 is 1.33 bits per heavy atom. The summed E-state index contributed by atoms with van der Waals surface area (Å²) in [6.45, 7) is 1.85. The zero-order valence-electron chi connectivity index (χ0n) is 9.99. The molecule has 1 unspecified atom stereocenters. The minimum atomic E-state index is -0.341. The molecule has 1 aromatic carbocycles. The molecule has 0 saturated carbocycles. The Balaban J connectivity index is 2.11. The monoisotopic (exact) mass is 246 g/mol. The van der Waals surface area contributed by atoms with E-state index in [-0.39, 0.29) is 11.7 Å². The van der Waals surface area contributed by atoms with Crippen molar-refractivity contribution < 1.29 is 4.39 Å². The minimum absolute atomic E-state index is 0.227. The first-order chi connectivity index (χ1) is 8.75. The van der Waals surface area contributed by atoms with Gasteiger partial charge >= 0.3 is 0 Å². The van der Waals surface area contributed by atoms with Gasteiger partial charge in [0, 0.05) is 17.8 Å². The average Bonchev–Trinajstić information content (AvgIpc) is 2.41. The maximum absolute atomic E-state index is 13.8. The highest BCUT2D eigenvalue weighted by atomic mass is 19.1. The molecule has 18 heavy (non-hydrogen) atoms. The van der Waals surface area contributed by atoms with E-state index in [0.717, 1.165) is 25.9 Å². The fraction of sp³-hybridized carbons (Fsp3) is 0.385. The summed E-state index contributed by atoms with van der Waals surface area (Å²) >= 11 is 0. The van der Waals surface area contributed by atoms with Gasteiger partial charge in [0.1, 0.15) is 23.0 Å². The van der Waals surface area contributed by atoms with Crippen molar-refractivity contribution in [1.29, 1.82) is 0 Å². The minimum Gasteiger partial charge on any atom is -0.383 e. The van der Waals surface area contributed by atoms with Crippen LogP contribution in [0.4, 0.5) is 10.2 Å². The number of nitrogen functional groups attached to an aromatic ring is 1. The lowest BCUT2D eigenvalue weighted by Crippen LogP contribution is -2.29. The Morgan fingerprint density at radius 3 is 3.00 bits per heavy atom. The molecule has 5 heteroatoms. The number of anilines is 1. The van der Waals surface area contributed by atoms with Gasteiger partial charge in [0.2, 0.25) is 0 Å².